The first-order valence-corrected chi connectivity index (χ1v) is 11.0. The van der Waals surface area contributed by atoms with Crippen LogP contribution in [0, 0.1) is 0 Å². The molecular formula is C22H28N4OS. The molecule has 0 aliphatic carbocycles. The van der Waals surface area contributed by atoms with Crippen molar-refractivity contribution in [1.29, 1.82) is 0 Å². The molecule has 6 heteroatoms. The fourth-order valence-corrected chi connectivity index (χ4v) is 4.25. The van der Waals surface area contributed by atoms with Crippen molar-refractivity contribution in [3.63, 3.8) is 0 Å². The van der Waals surface area contributed by atoms with Crippen LogP contribution in [0.2, 0.25) is 0 Å². The number of para-hydroxylation sites is 1. The molecule has 0 amide bonds. The molecule has 0 unspecified atom stereocenters. The molecule has 0 saturated carbocycles. The van der Waals surface area contributed by atoms with E-state index in [4.69, 9.17) is 9.84 Å². The number of nitrogens with one attached hydrogen (secondary N) is 1. The van der Waals surface area contributed by atoms with Crippen LogP contribution in [0.15, 0.2) is 54.0 Å². The maximum absolute atomic E-state index is 5.41. The predicted octanol–water partition coefficient (Wildman–Crippen LogP) is 3.80. The third-order valence-corrected chi connectivity index (χ3v) is 5.94. The van der Waals surface area contributed by atoms with E-state index in [-0.39, 0.29) is 0 Å². The van der Waals surface area contributed by atoms with Crippen LogP contribution >= 0.6 is 11.3 Å². The summed E-state index contributed by atoms with van der Waals surface area (Å²) in [5, 5.41) is 10.6. The molecule has 1 fully saturated rings. The molecule has 0 atom stereocenters. The molecule has 1 saturated heterocycles. The molecule has 28 heavy (non-hydrogen) atoms. The van der Waals surface area contributed by atoms with Gasteiger partial charge in [-0.1, -0.05) is 24.3 Å². The highest BCUT2D eigenvalue weighted by Crippen LogP contribution is 2.27. The van der Waals surface area contributed by atoms with Gasteiger partial charge in [-0.3, -0.25) is 4.90 Å². The van der Waals surface area contributed by atoms with E-state index in [2.05, 4.69) is 46.1 Å². The van der Waals surface area contributed by atoms with Crippen LogP contribution < -0.4 is 5.32 Å². The minimum atomic E-state index is 0.845. The summed E-state index contributed by atoms with van der Waals surface area (Å²) in [5.74, 6) is 0. The Morgan fingerprint density at radius 1 is 1.04 bits per heavy atom. The van der Waals surface area contributed by atoms with Crippen LogP contribution in [0.25, 0.3) is 16.3 Å². The number of nitrogens with zero attached hydrogens (tertiary/aromatic N) is 3. The number of benzene rings is 1. The number of morpholine rings is 1. The number of unbranched alkanes of at least 4 members (excludes halogenated alkanes) is 1. The smallest absolute Gasteiger partial charge is 0.107 e. The molecule has 4 rings (SSSR count). The number of thiophene rings is 1. The predicted molar refractivity (Wildman–Crippen MR) is 115 cm³/mol. The molecule has 0 bridgehead atoms. The molecule has 3 heterocycles. The van der Waals surface area contributed by atoms with Crippen LogP contribution in [0.3, 0.4) is 0 Å². The van der Waals surface area contributed by atoms with Gasteiger partial charge in [0.2, 0.25) is 0 Å². The van der Waals surface area contributed by atoms with Gasteiger partial charge in [0.15, 0.2) is 0 Å². The third kappa shape index (κ3) is 5.08. The van der Waals surface area contributed by atoms with Crippen molar-refractivity contribution in [2.24, 2.45) is 0 Å². The van der Waals surface area contributed by atoms with E-state index in [9.17, 15) is 0 Å². The lowest BCUT2D eigenvalue weighted by Crippen LogP contribution is -2.37. The van der Waals surface area contributed by atoms with Crippen LogP contribution in [-0.4, -0.2) is 54.1 Å². The number of hydrogen-bond donors (Lipinski definition) is 1. The molecule has 148 valence electrons. The van der Waals surface area contributed by atoms with Crippen molar-refractivity contribution in [3.8, 4) is 16.3 Å². The normalized spacial score (nSPS) is 15.1. The minimum absolute atomic E-state index is 0.845. The SMILES string of the molecule is c1ccc(-n2cc(CNCCCCN3CCOCC3)c(-c3cccs3)n2)cc1. The molecule has 1 aromatic carbocycles. The quantitative estimate of drug-likeness (QED) is 0.559. The van der Waals surface area contributed by atoms with Gasteiger partial charge in [-0.05, 0) is 49.5 Å². The first kappa shape index (κ1) is 19.3. The standard InChI is InChI=1S/C22H28N4OS/c1-2-7-20(8-3-1)26-18-19(22(24-26)21-9-6-16-28-21)17-23-10-4-5-11-25-12-14-27-15-13-25/h1-3,6-9,16,18,23H,4-5,10-15,17H2. The van der Waals surface area contributed by atoms with Gasteiger partial charge < -0.3 is 10.1 Å². The summed E-state index contributed by atoms with van der Waals surface area (Å²) >= 11 is 1.74. The van der Waals surface area contributed by atoms with Crippen molar-refractivity contribution in [1.82, 2.24) is 20.0 Å². The van der Waals surface area contributed by atoms with Gasteiger partial charge >= 0.3 is 0 Å². The summed E-state index contributed by atoms with van der Waals surface area (Å²) in [7, 11) is 0. The summed E-state index contributed by atoms with van der Waals surface area (Å²) in [6.45, 7) is 6.98. The van der Waals surface area contributed by atoms with E-state index in [1.54, 1.807) is 11.3 Å². The van der Waals surface area contributed by atoms with E-state index in [0.717, 1.165) is 50.8 Å². The van der Waals surface area contributed by atoms with E-state index < -0.39 is 0 Å². The first-order chi connectivity index (χ1) is 13.9. The summed E-state index contributed by atoms with van der Waals surface area (Å²) in [4.78, 5) is 3.72. The molecule has 2 aromatic heterocycles. The largest absolute Gasteiger partial charge is 0.379 e. The van der Waals surface area contributed by atoms with Crippen molar-refractivity contribution < 1.29 is 4.74 Å². The molecular weight excluding hydrogens is 368 g/mol. The molecule has 1 aliphatic heterocycles. The summed E-state index contributed by atoms with van der Waals surface area (Å²) in [5.41, 5.74) is 3.43. The lowest BCUT2D eigenvalue weighted by molar-refractivity contribution is 0.0372. The van der Waals surface area contributed by atoms with Gasteiger partial charge in [0.1, 0.15) is 5.69 Å². The van der Waals surface area contributed by atoms with Crippen LogP contribution in [0.4, 0.5) is 0 Å². The van der Waals surface area contributed by atoms with Crippen LogP contribution in [0.1, 0.15) is 18.4 Å². The highest BCUT2D eigenvalue weighted by atomic mass is 32.1. The summed E-state index contributed by atoms with van der Waals surface area (Å²) in [6.07, 6.45) is 4.58. The molecule has 0 radical (unpaired) electrons. The molecule has 1 N–H and O–H groups in total. The lowest BCUT2D eigenvalue weighted by atomic mass is 10.2. The molecule has 1 aliphatic rings. The average molecular weight is 397 g/mol. The van der Waals surface area contributed by atoms with Gasteiger partial charge in [0.25, 0.3) is 0 Å². The van der Waals surface area contributed by atoms with Crippen molar-refractivity contribution >= 4 is 11.3 Å². The second kappa shape index (κ2) is 9.98. The number of rotatable bonds is 9. The average Bonchev–Trinajstić information content (AvgIpc) is 3.42. The van der Waals surface area contributed by atoms with Gasteiger partial charge in [-0.25, -0.2) is 4.68 Å². The van der Waals surface area contributed by atoms with Gasteiger partial charge in [-0.2, -0.15) is 5.10 Å². The highest BCUT2D eigenvalue weighted by Gasteiger charge is 2.13. The summed E-state index contributed by atoms with van der Waals surface area (Å²) in [6, 6.07) is 14.6. The molecule has 0 spiro atoms. The zero-order valence-corrected chi connectivity index (χ0v) is 17.0. The maximum Gasteiger partial charge on any atom is 0.107 e. The second-order valence-corrected chi connectivity index (χ2v) is 8.05. The number of ether oxygens (including phenoxy) is 1. The van der Waals surface area contributed by atoms with Crippen LogP contribution in [0.5, 0.6) is 0 Å². The Bertz CT molecular complexity index is 826. The van der Waals surface area contributed by atoms with Gasteiger partial charge in [0.05, 0.1) is 23.8 Å². The van der Waals surface area contributed by atoms with E-state index >= 15 is 0 Å². The first-order valence-electron chi connectivity index (χ1n) is 10.1. The Kier molecular flexibility index (Phi) is 6.89. The van der Waals surface area contributed by atoms with E-state index in [1.165, 1.54) is 29.8 Å². The fourth-order valence-electron chi connectivity index (χ4n) is 3.51. The monoisotopic (exact) mass is 396 g/mol. The maximum atomic E-state index is 5.41. The number of aromatic nitrogens is 2. The lowest BCUT2D eigenvalue weighted by Gasteiger charge is -2.26. The van der Waals surface area contributed by atoms with Gasteiger partial charge in [0, 0.05) is 31.4 Å². The van der Waals surface area contributed by atoms with Crippen molar-refractivity contribution in [2.45, 2.75) is 19.4 Å². The molecule has 5 nitrogen and oxygen atoms in total. The van der Waals surface area contributed by atoms with E-state index in [1.807, 2.05) is 22.9 Å². The van der Waals surface area contributed by atoms with Crippen molar-refractivity contribution in [3.05, 3.63) is 59.6 Å². The Labute approximate surface area is 170 Å². The van der Waals surface area contributed by atoms with Crippen molar-refractivity contribution in [2.75, 3.05) is 39.4 Å². The summed E-state index contributed by atoms with van der Waals surface area (Å²) < 4.78 is 7.40. The zero-order valence-electron chi connectivity index (χ0n) is 16.2. The Morgan fingerprint density at radius 2 is 1.89 bits per heavy atom. The highest BCUT2D eigenvalue weighted by molar-refractivity contribution is 7.13. The number of hydrogen-bond acceptors (Lipinski definition) is 5. The third-order valence-electron chi connectivity index (χ3n) is 5.06. The Balaban J connectivity index is 1.32. The zero-order chi connectivity index (χ0) is 19.0. The minimum Gasteiger partial charge on any atom is -0.379 e. The Hall–Kier alpha value is -1.99. The van der Waals surface area contributed by atoms with E-state index in [0.29, 0.717) is 0 Å². The topological polar surface area (TPSA) is 42.3 Å². The van der Waals surface area contributed by atoms with Gasteiger partial charge in [-0.15, -0.1) is 11.3 Å². The van der Waals surface area contributed by atoms with Crippen LogP contribution in [-0.2, 0) is 11.3 Å². The second-order valence-electron chi connectivity index (χ2n) is 7.10. The fraction of sp³-hybridized carbons (Fsp3) is 0.409. The Morgan fingerprint density at radius 3 is 2.68 bits per heavy atom. The molecule has 3 aromatic rings.